The molecule has 0 saturated heterocycles. The Hall–Kier alpha value is -0.440. The van der Waals surface area contributed by atoms with Crippen LogP contribution in [0.2, 0.25) is 0 Å². The second-order valence-electron chi connectivity index (χ2n) is 2.13. The van der Waals surface area contributed by atoms with Gasteiger partial charge in [-0.25, -0.2) is 4.98 Å². The first kappa shape index (κ1) is 7.66. The molecule has 0 spiro atoms. The minimum atomic E-state index is 1.02. The molecule has 2 nitrogen and oxygen atoms in total. The van der Waals surface area contributed by atoms with Gasteiger partial charge in [0.15, 0.2) is 5.16 Å². The number of hydrogen-bond donors (Lipinski definition) is 0. The van der Waals surface area contributed by atoms with Gasteiger partial charge in [0.25, 0.3) is 0 Å². The summed E-state index contributed by atoms with van der Waals surface area (Å²) in [6, 6.07) is 0. The van der Waals surface area contributed by atoms with Crippen LogP contribution in [0.1, 0.15) is 12.6 Å². The van der Waals surface area contributed by atoms with Crippen LogP contribution < -0.4 is 0 Å². The largest absolute Gasteiger partial charge is 0.324 e. The average Bonchev–Trinajstić information content (AvgIpc) is 2.30. The third-order valence-corrected chi connectivity index (χ3v) is 2.21. The Kier molecular flexibility index (Phi) is 2.38. The Morgan fingerprint density at radius 1 is 1.70 bits per heavy atom. The zero-order chi connectivity index (χ0) is 7.56. The summed E-state index contributed by atoms with van der Waals surface area (Å²) in [5, 5.41) is 1.11. The van der Waals surface area contributed by atoms with Gasteiger partial charge in [0.2, 0.25) is 0 Å². The Morgan fingerprint density at radius 3 is 2.80 bits per heavy atom. The summed E-state index contributed by atoms with van der Waals surface area (Å²) in [6.07, 6.45) is 3.96. The summed E-state index contributed by atoms with van der Waals surface area (Å²) in [5.74, 6) is 0. The average molecular weight is 156 g/mol. The molecular weight excluding hydrogens is 144 g/mol. The van der Waals surface area contributed by atoms with E-state index in [0.717, 1.165) is 11.7 Å². The van der Waals surface area contributed by atoms with Crippen LogP contribution in [0.3, 0.4) is 0 Å². The highest BCUT2D eigenvalue weighted by molar-refractivity contribution is 7.98. The van der Waals surface area contributed by atoms with Crippen LogP contribution in [0.25, 0.3) is 0 Å². The molecule has 0 bridgehead atoms. The summed E-state index contributed by atoms with van der Waals surface area (Å²) in [5.41, 5.74) is 1.24. The minimum absolute atomic E-state index is 1.02. The number of rotatable bonds is 2. The molecule has 0 saturated carbocycles. The molecule has 0 aliphatic heterocycles. The van der Waals surface area contributed by atoms with Crippen molar-refractivity contribution in [3.8, 4) is 0 Å². The number of aryl methyl sites for hydroxylation is 1. The van der Waals surface area contributed by atoms with Crippen LogP contribution in [-0.4, -0.2) is 15.8 Å². The van der Waals surface area contributed by atoms with E-state index >= 15 is 0 Å². The molecule has 0 fully saturated rings. The lowest BCUT2D eigenvalue weighted by molar-refractivity contribution is 0.663. The van der Waals surface area contributed by atoms with Crippen molar-refractivity contribution in [2.24, 2.45) is 0 Å². The number of hydrogen-bond acceptors (Lipinski definition) is 2. The van der Waals surface area contributed by atoms with E-state index in [1.54, 1.807) is 11.8 Å². The quantitative estimate of drug-likeness (QED) is 0.609. The third kappa shape index (κ3) is 1.19. The number of thioether (sulfide) groups is 1. The predicted octanol–water partition coefficient (Wildman–Crippen LogP) is 1.93. The molecule has 0 atom stereocenters. The first-order valence-corrected chi connectivity index (χ1v) is 4.58. The molecule has 1 heterocycles. The maximum atomic E-state index is 4.23. The lowest BCUT2D eigenvalue weighted by Crippen LogP contribution is -1.97. The topological polar surface area (TPSA) is 17.8 Å². The van der Waals surface area contributed by atoms with Crippen molar-refractivity contribution in [1.82, 2.24) is 9.55 Å². The van der Waals surface area contributed by atoms with Gasteiger partial charge in [-0.1, -0.05) is 11.8 Å². The van der Waals surface area contributed by atoms with Gasteiger partial charge in [-0.15, -0.1) is 0 Å². The van der Waals surface area contributed by atoms with E-state index in [2.05, 4.69) is 23.4 Å². The molecular formula is C7H12N2S. The molecule has 3 heteroatoms. The van der Waals surface area contributed by atoms with Gasteiger partial charge in [0, 0.05) is 18.4 Å². The van der Waals surface area contributed by atoms with Crippen molar-refractivity contribution < 1.29 is 0 Å². The summed E-state index contributed by atoms with van der Waals surface area (Å²) in [4.78, 5) is 4.23. The molecule has 56 valence electrons. The molecule has 1 aromatic rings. The predicted molar refractivity (Wildman–Crippen MR) is 44.4 cm³/mol. The van der Waals surface area contributed by atoms with Crippen LogP contribution in [0, 0.1) is 6.92 Å². The fraction of sp³-hybridized carbons (Fsp3) is 0.571. The fourth-order valence-electron chi connectivity index (χ4n) is 0.986. The van der Waals surface area contributed by atoms with Gasteiger partial charge < -0.3 is 4.57 Å². The molecule has 0 aromatic carbocycles. The summed E-state index contributed by atoms with van der Waals surface area (Å²) < 4.78 is 2.20. The SMILES string of the molecule is CCn1c(C)cnc1SC. The van der Waals surface area contributed by atoms with E-state index < -0.39 is 0 Å². The molecule has 0 amide bonds. The van der Waals surface area contributed by atoms with E-state index in [1.807, 2.05) is 12.5 Å². The lowest BCUT2D eigenvalue weighted by Gasteiger charge is -2.02. The first-order valence-electron chi connectivity index (χ1n) is 3.35. The van der Waals surface area contributed by atoms with E-state index in [0.29, 0.717) is 0 Å². The zero-order valence-electron chi connectivity index (χ0n) is 6.59. The fourth-order valence-corrected chi connectivity index (χ4v) is 1.64. The zero-order valence-corrected chi connectivity index (χ0v) is 7.40. The van der Waals surface area contributed by atoms with Crippen molar-refractivity contribution in [2.45, 2.75) is 25.5 Å². The molecule has 0 radical (unpaired) electrons. The molecule has 1 aromatic heterocycles. The van der Waals surface area contributed by atoms with Crippen LogP contribution in [0.15, 0.2) is 11.4 Å². The Balaban J connectivity index is 3.01. The van der Waals surface area contributed by atoms with Crippen LogP contribution >= 0.6 is 11.8 Å². The third-order valence-electron chi connectivity index (χ3n) is 1.52. The Bertz CT molecular complexity index is 217. The van der Waals surface area contributed by atoms with Crippen molar-refractivity contribution in [2.75, 3.05) is 6.26 Å². The maximum absolute atomic E-state index is 4.23. The molecule has 10 heavy (non-hydrogen) atoms. The van der Waals surface area contributed by atoms with E-state index in [9.17, 15) is 0 Å². The van der Waals surface area contributed by atoms with Gasteiger partial charge >= 0.3 is 0 Å². The highest BCUT2D eigenvalue weighted by Gasteiger charge is 2.01. The van der Waals surface area contributed by atoms with Crippen LogP contribution in [0.5, 0.6) is 0 Å². The second kappa shape index (κ2) is 3.10. The van der Waals surface area contributed by atoms with Gasteiger partial charge in [-0.3, -0.25) is 0 Å². The maximum Gasteiger partial charge on any atom is 0.167 e. The van der Waals surface area contributed by atoms with Crippen LogP contribution in [0.4, 0.5) is 0 Å². The first-order chi connectivity index (χ1) is 4.79. The molecule has 0 unspecified atom stereocenters. The normalized spacial score (nSPS) is 10.3. The van der Waals surface area contributed by atoms with E-state index in [1.165, 1.54) is 5.69 Å². The van der Waals surface area contributed by atoms with E-state index in [4.69, 9.17) is 0 Å². The van der Waals surface area contributed by atoms with Crippen molar-refractivity contribution in [1.29, 1.82) is 0 Å². The molecule has 0 aliphatic rings. The van der Waals surface area contributed by atoms with Gasteiger partial charge in [-0.05, 0) is 20.1 Å². The molecule has 1 rings (SSSR count). The van der Waals surface area contributed by atoms with Gasteiger partial charge in [0.1, 0.15) is 0 Å². The van der Waals surface area contributed by atoms with E-state index in [-0.39, 0.29) is 0 Å². The van der Waals surface area contributed by atoms with Crippen molar-refractivity contribution in [3.63, 3.8) is 0 Å². The smallest absolute Gasteiger partial charge is 0.167 e. The molecule has 0 aliphatic carbocycles. The van der Waals surface area contributed by atoms with Crippen molar-refractivity contribution >= 4 is 11.8 Å². The summed E-state index contributed by atoms with van der Waals surface area (Å²) in [6.45, 7) is 5.23. The molecule has 0 N–H and O–H groups in total. The standard InChI is InChI=1S/C7H12N2S/c1-4-9-6(2)5-8-7(9)10-3/h5H,4H2,1-3H3. The highest BCUT2D eigenvalue weighted by atomic mass is 32.2. The number of imidazole rings is 1. The Labute approximate surface area is 65.7 Å². The summed E-state index contributed by atoms with van der Waals surface area (Å²) in [7, 11) is 0. The number of aromatic nitrogens is 2. The highest BCUT2D eigenvalue weighted by Crippen LogP contribution is 2.14. The minimum Gasteiger partial charge on any atom is -0.324 e. The Morgan fingerprint density at radius 2 is 2.40 bits per heavy atom. The van der Waals surface area contributed by atoms with Gasteiger partial charge in [0.05, 0.1) is 0 Å². The van der Waals surface area contributed by atoms with Crippen molar-refractivity contribution in [3.05, 3.63) is 11.9 Å². The lowest BCUT2D eigenvalue weighted by atomic mass is 10.5. The second-order valence-corrected chi connectivity index (χ2v) is 2.90. The number of nitrogens with zero attached hydrogens (tertiary/aromatic N) is 2. The monoisotopic (exact) mass is 156 g/mol. The summed E-state index contributed by atoms with van der Waals surface area (Å²) >= 11 is 1.69. The van der Waals surface area contributed by atoms with Gasteiger partial charge in [-0.2, -0.15) is 0 Å². The van der Waals surface area contributed by atoms with Crippen LogP contribution in [-0.2, 0) is 6.54 Å².